The number of aliphatic hydroxyl groups is 2. The summed E-state index contributed by atoms with van der Waals surface area (Å²) in [4.78, 5) is 10.2. The van der Waals surface area contributed by atoms with Gasteiger partial charge in [-0.2, -0.15) is 0 Å². The Morgan fingerprint density at radius 3 is 2.33 bits per heavy atom. The fourth-order valence-corrected chi connectivity index (χ4v) is 1.00. The number of ether oxygens (including phenoxy) is 1. The van der Waals surface area contributed by atoms with Crippen molar-refractivity contribution in [1.82, 2.24) is 0 Å². The van der Waals surface area contributed by atoms with Crippen LogP contribution in [0.1, 0.15) is 20.3 Å². The number of carbonyl (C=O) groups is 1. The smallest absolute Gasteiger partial charge is 0.122 e. The molecule has 4 nitrogen and oxygen atoms in total. The third-order valence-electron chi connectivity index (χ3n) is 2.04. The zero-order chi connectivity index (χ0) is 9.78. The van der Waals surface area contributed by atoms with Crippen LogP contribution < -0.4 is 0 Å². The van der Waals surface area contributed by atoms with Crippen molar-refractivity contribution in [3.8, 4) is 0 Å². The number of rotatable bonds is 5. The van der Waals surface area contributed by atoms with Gasteiger partial charge in [0.25, 0.3) is 0 Å². The molecular formula is C8H16O4. The molecule has 0 aliphatic rings. The molecule has 2 N–H and O–H groups in total. The van der Waals surface area contributed by atoms with Crippen LogP contribution in [-0.2, 0) is 9.53 Å². The van der Waals surface area contributed by atoms with Crippen molar-refractivity contribution in [2.24, 2.45) is 0 Å². The first-order chi connectivity index (χ1) is 5.48. The Hall–Kier alpha value is -0.450. The summed E-state index contributed by atoms with van der Waals surface area (Å²) in [7, 11) is 1.40. The van der Waals surface area contributed by atoms with E-state index >= 15 is 0 Å². The summed E-state index contributed by atoms with van der Waals surface area (Å²) < 4.78 is 4.96. The molecule has 0 amide bonds. The molecule has 0 heterocycles. The van der Waals surface area contributed by atoms with Crippen molar-refractivity contribution in [2.45, 2.75) is 38.1 Å². The van der Waals surface area contributed by atoms with Crippen molar-refractivity contribution >= 4 is 6.29 Å². The first-order valence-electron chi connectivity index (χ1n) is 3.83. The van der Waals surface area contributed by atoms with E-state index in [2.05, 4.69) is 0 Å². The van der Waals surface area contributed by atoms with E-state index in [0.717, 1.165) is 0 Å². The summed E-state index contributed by atoms with van der Waals surface area (Å²) in [6, 6.07) is 0. The topological polar surface area (TPSA) is 66.8 Å². The first kappa shape index (κ1) is 11.6. The Balaban J connectivity index is 4.38. The number of aldehydes is 1. The number of hydrogen-bond donors (Lipinski definition) is 2. The second-order valence-corrected chi connectivity index (χ2v) is 3.07. The lowest BCUT2D eigenvalue weighted by Crippen LogP contribution is -2.47. The van der Waals surface area contributed by atoms with Gasteiger partial charge in [-0.1, -0.05) is 0 Å². The molecule has 0 rings (SSSR count). The lowest BCUT2D eigenvalue weighted by Gasteiger charge is -2.33. The second kappa shape index (κ2) is 4.54. The van der Waals surface area contributed by atoms with Gasteiger partial charge >= 0.3 is 0 Å². The highest BCUT2D eigenvalue weighted by Crippen LogP contribution is 2.20. The van der Waals surface area contributed by atoms with Crippen LogP contribution in [0.3, 0.4) is 0 Å². The van der Waals surface area contributed by atoms with E-state index in [4.69, 9.17) is 9.84 Å². The van der Waals surface area contributed by atoms with E-state index < -0.39 is 17.8 Å². The largest absolute Gasteiger partial charge is 0.391 e. The standard InChI is InChI=1S/C8H16O4/c1-6(10)7(11)8(2,12-3)4-5-9/h5-7,10-11H,4H2,1-3H3/t6-,7+,8+/m0/s1. The predicted octanol–water partition coefficient (Wildman–Crippen LogP) is -0.278. The molecule has 0 aromatic heterocycles. The van der Waals surface area contributed by atoms with Crippen LogP contribution in [0, 0.1) is 0 Å². The molecule has 3 atom stereocenters. The minimum absolute atomic E-state index is 0.0650. The SMILES string of the molecule is CO[C@](C)(CC=O)[C@H](O)[C@H](C)O. The number of methoxy groups -OCH3 is 1. The van der Waals surface area contributed by atoms with Crippen LogP contribution in [0.25, 0.3) is 0 Å². The number of carbonyl (C=O) groups excluding carboxylic acids is 1. The average Bonchev–Trinajstić information content (AvgIpc) is 2.03. The molecule has 4 heteroatoms. The third kappa shape index (κ3) is 2.55. The summed E-state index contributed by atoms with van der Waals surface area (Å²) in [6.07, 6.45) is -1.23. The highest BCUT2D eigenvalue weighted by atomic mass is 16.5. The van der Waals surface area contributed by atoms with Crippen LogP contribution in [0.2, 0.25) is 0 Å². The minimum Gasteiger partial charge on any atom is -0.391 e. The summed E-state index contributed by atoms with van der Waals surface area (Å²) in [5.74, 6) is 0. The number of hydrogen-bond acceptors (Lipinski definition) is 4. The molecule has 0 aromatic rings. The molecule has 0 saturated carbocycles. The average molecular weight is 176 g/mol. The highest BCUT2D eigenvalue weighted by molar-refractivity contribution is 5.51. The lowest BCUT2D eigenvalue weighted by atomic mass is 9.92. The van der Waals surface area contributed by atoms with E-state index in [9.17, 15) is 9.90 Å². The second-order valence-electron chi connectivity index (χ2n) is 3.07. The molecule has 0 fully saturated rings. The zero-order valence-electron chi connectivity index (χ0n) is 7.65. The summed E-state index contributed by atoms with van der Waals surface area (Å²) in [5.41, 5.74) is -0.990. The Bertz CT molecular complexity index is 146. The minimum atomic E-state index is -1.05. The van der Waals surface area contributed by atoms with Gasteiger partial charge in [-0.15, -0.1) is 0 Å². The maximum absolute atomic E-state index is 10.2. The van der Waals surface area contributed by atoms with Gasteiger partial charge < -0.3 is 19.7 Å². The van der Waals surface area contributed by atoms with Gasteiger partial charge in [-0.05, 0) is 13.8 Å². The summed E-state index contributed by atoms with van der Waals surface area (Å²) in [6.45, 7) is 3.03. The van der Waals surface area contributed by atoms with Crippen LogP contribution in [0.15, 0.2) is 0 Å². The monoisotopic (exact) mass is 176 g/mol. The van der Waals surface area contributed by atoms with Gasteiger partial charge in [-0.25, -0.2) is 0 Å². The molecule has 0 aliphatic heterocycles. The first-order valence-corrected chi connectivity index (χ1v) is 3.83. The normalized spacial score (nSPS) is 21.1. The van der Waals surface area contributed by atoms with E-state index in [1.807, 2.05) is 0 Å². The Morgan fingerprint density at radius 1 is 1.58 bits per heavy atom. The van der Waals surface area contributed by atoms with Crippen LogP contribution in [-0.4, -0.2) is 41.4 Å². The molecule has 0 aromatic carbocycles. The van der Waals surface area contributed by atoms with Gasteiger partial charge in [0.15, 0.2) is 0 Å². The summed E-state index contributed by atoms with van der Waals surface area (Å²) in [5, 5.41) is 18.5. The van der Waals surface area contributed by atoms with Gasteiger partial charge in [-0.3, -0.25) is 0 Å². The molecule has 0 spiro atoms. The maximum Gasteiger partial charge on any atom is 0.122 e. The van der Waals surface area contributed by atoms with E-state index in [-0.39, 0.29) is 6.42 Å². The molecular weight excluding hydrogens is 160 g/mol. The van der Waals surface area contributed by atoms with Crippen molar-refractivity contribution in [1.29, 1.82) is 0 Å². The maximum atomic E-state index is 10.2. The van der Waals surface area contributed by atoms with Gasteiger partial charge in [0, 0.05) is 13.5 Å². The molecule has 0 unspecified atom stereocenters. The predicted molar refractivity (Wildman–Crippen MR) is 43.8 cm³/mol. The van der Waals surface area contributed by atoms with Gasteiger partial charge in [0.2, 0.25) is 0 Å². The van der Waals surface area contributed by atoms with E-state index in [1.54, 1.807) is 6.92 Å². The Kier molecular flexibility index (Phi) is 4.37. The van der Waals surface area contributed by atoms with Crippen LogP contribution >= 0.6 is 0 Å². The molecule has 12 heavy (non-hydrogen) atoms. The van der Waals surface area contributed by atoms with Gasteiger partial charge in [0.05, 0.1) is 11.7 Å². The van der Waals surface area contributed by atoms with Crippen molar-refractivity contribution in [3.05, 3.63) is 0 Å². The molecule has 0 aliphatic carbocycles. The number of aliphatic hydroxyl groups excluding tert-OH is 2. The van der Waals surface area contributed by atoms with Crippen molar-refractivity contribution in [2.75, 3.05) is 7.11 Å². The third-order valence-corrected chi connectivity index (χ3v) is 2.04. The molecule has 72 valence electrons. The van der Waals surface area contributed by atoms with Crippen molar-refractivity contribution in [3.63, 3.8) is 0 Å². The van der Waals surface area contributed by atoms with E-state index in [1.165, 1.54) is 14.0 Å². The molecule has 0 radical (unpaired) electrons. The molecule has 0 bridgehead atoms. The van der Waals surface area contributed by atoms with Crippen LogP contribution in [0.4, 0.5) is 0 Å². The Labute approximate surface area is 72.2 Å². The highest BCUT2D eigenvalue weighted by Gasteiger charge is 2.35. The van der Waals surface area contributed by atoms with Gasteiger partial charge in [0.1, 0.15) is 12.4 Å². The van der Waals surface area contributed by atoms with Crippen LogP contribution in [0.5, 0.6) is 0 Å². The quantitative estimate of drug-likeness (QED) is 0.565. The fourth-order valence-electron chi connectivity index (χ4n) is 1.00. The zero-order valence-corrected chi connectivity index (χ0v) is 7.65. The summed E-state index contributed by atoms with van der Waals surface area (Å²) >= 11 is 0. The lowest BCUT2D eigenvalue weighted by molar-refractivity contribution is -0.141. The fraction of sp³-hybridized carbons (Fsp3) is 0.875. The van der Waals surface area contributed by atoms with E-state index in [0.29, 0.717) is 6.29 Å². The molecule has 0 saturated heterocycles. The Morgan fingerprint density at radius 2 is 2.08 bits per heavy atom. The van der Waals surface area contributed by atoms with Crippen molar-refractivity contribution < 1.29 is 19.7 Å².